The highest BCUT2D eigenvalue weighted by Crippen LogP contribution is 2.40. The van der Waals surface area contributed by atoms with Crippen LogP contribution in [0.15, 0.2) is 73.1 Å². The first kappa shape index (κ1) is 27.7. The normalized spacial score (nSPS) is 16.4. The number of sulfone groups is 1. The van der Waals surface area contributed by atoms with Gasteiger partial charge in [-0.25, -0.2) is 17.2 Å². The van der Waals surface area contributed by atoms with Gasteiger partial charge in [0.15, 0.2) is 9.84 Å². The van der Waals surface area contributed by atoms with E-state index in [4.69, 9.17) is 0 Å². The molecular weight excluding hydrogens is 538 g/mol. The summed E-state index contributed by atoms with van der Waals surface area (Å²) >= 11 is 0. The second kappa shape index (κ2) is 11.8. The van der Waals surface area contributed by atoms with Crippen LogP contribution in [0.3, 0.4) is 0 Å². The standard InChI is InChI=1S/C34H34F2N2O2S/c35-31-19-25(33-29(11-5-17-37-33)23-7-1-2-8-23)13-15-27(31)21-41(39,40)22-28-16-14-26(20-32(28)36)34-30(12-6-18-38-34)24-9-3-4-10-24/h5-6,11-20,23-24H,1-4,7-10,21-22H2. The second-order valence-electron chi connectivity index (χ2n) is 11.5. The molecule has 0 N–H and O–H groups in total. The molecule has 0 unspecified atom stereocenters. The van der Waals surface area contributed by atoms with Gasteiger partial charge in [0, 0.05) is 34.6 Å². The minimum absolute atomic E-state index is 0.0683. The van der Waals surface area contributed by atoms with E-state index in [0.29, 0.717) is 23.0 Å². The van der Waals surface area contributed by atoms with Crippen molar-refractivity contribution in [2.75, 3.05) is 0 Å². The molecule has 0 bridgehead atoms. The average molecular weight is 573 g/mol. The Balaban J connectivity index is 1.19. The largest absolute Gasteiger partial charge is 0.256 e. The lowest BCUT2D eigenvalue weighted by Gasteiger charge is -2.15. The Bertz CT molecular complexity index is 1540. The van der Waals surface area contributed by atoms with Crippen LogP contribution in [0.2, 0.25) is 0 Å². The summed E-state index contributed by atoms with van der Waals surface area (Å²) in [7, 11) is -3.84. The minimum atomic E-state index is -3.84. The number of benzene rings is 2. The third-order valence-corrected chi connectivity index (χ3v) is 10.2. The molecule has 2 saturated carbocycles. The van der Waals surface area contributed by atoms with E-state index in [9.17, 15) is 8.42 Å². The fraction of sp³-hybridized carbons (Fsp3) is 0.353. The van der Waals surface area contributed by atoms with E-state index < -0.39 is 33.0 Å². The lowest BCUT2D eigenvalue weighted by atomic mass is 9.93. The number of hydrogen-bond donors (Lipinski definition) is 0. The van der Waals surface area contributed by atoms with Gasteiger partial charge in [0.25, 0.3) is 0 Å². The third kappa shape index (κ3) is 6.10. The zero-order valence-corrected chi connectivity index (χ0v) is 23.8. The Hall–Kier alpha value is -3.45. The summed E-state index contributed by atoms with van der Waals surface area (Å²) in [6.07, 6.45) is 12.5. The molecule has 4 aromatic rings. The van der Waals surface area contributed by atoms with E-state index >= 15 is 8.78 Å². The van der Waals surface area contributed by atoms with Crippen LogP contribution in [-0.2, 0) is 21.3 Å². The Morgan fingerprint density at radius 3 is 1.44 bits per heavy atom. The van der Waals surface area contributed by atoms with Crippen molar-refractivity contribution in [1.29, 1.82) is 0 Å². The molecule has 0 atom stereocenters. The van der Waals surface area contributed by atoms with Crippen LogP contribution < -0.4 is 0 Å². The highest BCUT2D eigenvalue weighted by Gasteiger charge is 2.24. The molecule has 2 aliphatic rings. The first-order valence-corrected chi connectivity index (χ1v) is 16.4. The van der Waals surface area contributed by atoms with Gasteiger partial charge in [-0.05, 0) is 72.9 Å². The van der Waals surface area contributed by atoms with Crippen LogP contribution in [0.1, 0.15) is 85.5 Å². The quantitative estimate of drug-likeness (QED) is 0.212. The summed E-state index contributed by atoms with van der Waals surface area (Å²) < 4.78 is 56.6. The summed E-state index contributed by atoms with van der Waals surface area (Å²) in [5, 5.41) is 0. The van der Waals surface area contributed by atoms with Gasteiger partial charge in [-0.1, -0.05) is 62.1 Å². The third-order valence-electron chi connectivity index (χ3n) is 8.67. The van der Waals surface area contributed by atoms with Gasteiger partial charge in [-0.3, -0.25) is 9.97 Å². The van der Waals surface area contributed by atoms with Crippen LogP contribution in [0, 0.1) is 11.6 Å². The summed E-state index contributed by atoms with van der Waals surface area (Å²) in [5.41, 5.74) is 5.14. The molecule has 4 nitrogen and oxygen atoms in total. The van der Waals surface area contributed by atoms with E-state index in [0.717, 1.165) is 48.2 Å². The molecule has 2 fully saturated rings. The van der Waals surface area contributed by atoms with Gasteiger partial charge < -0.3 is 0 Å². The van der Waals surface area contributed by atoms with E-state index in [-0.39, 0.29) is 11.1 Å². The molecule has 2 aliphatic carbocycles. The van der Waals surface area contributed by atoms with Crippen molar-refractivity contribution in [3.63, 3.8) is 0 Å². The molecule has 7 heteroatoms. The maximum Gasteiger partial charge on any atom is 0.158 e. The summed E-state index contributed by atoms with van der Waals surface area (Å²) in [6, 6.07) is 17.2. The molecule has 2 heterocycles. The number of hydrogen-bond acceptors (Lipinski definition) is 4. The molecule has 6 rings (SSSR count). The summed E-state index contributed by atoms with van der Waals surface area (Å²) in [5.74, 6) is -1.39. The van der Waals surface area contributed by atoms with Crippen molar-refractivity contribution in [3.8, 4) is 22.5 Å². The maximum absolute atomic E-state index is 15.2. The van der Waals surface area contributed by atoms with Crippen LogP contribution in [-0.4, -0.2) is 18.4 Å². The molecule has 0 radical (unpaired) electrons. The monoisotopic (exact) mass is 572 g/mol. The van der Waals surface area contributed by atoms with Crippen LogP contribution in [0.5, 0.6) is 0 Å². The maximum atomic E-state index is 15.2. The molecule has 0 amide bonds. The average Bonchev–Trinajstić information content (AvgIpc) is 3.71. The Morgan fingerprint density at radius 1 is 0.634 bits per heavy atom. The van der Waals surface area contributed by atoms with Crippen LogP contribution in [0.25, 0.3) is 22.5 Å². The molecule has 41 heavy (non-hydrogen) atoms. The first-order valence-electron chi connectivity index (χ1n) is 14.6. The van der Waals surface area contributed by atoms with E-state index in [1.165, 1.54) is 49.9 Å². The molecule has 0 saturated heterocycles. The van der Waals surface area contributed by atoms with Crippen LogP contribution >= 0.6 is 0 Å². The van der Waals surface area contributed by atoms with E-state index in [1.54, 1.807) is 24.5 Å². The lowest BCUT2D eigenvalue weighted by Crippen LogP contribution is -2.10. The molecule has 212 valence electrons. The minimum Gasteiger partial charge on any atom is -0.256 e. The van der Waals surface area contributed by atoms with Gasteiger partial charge in [0.2, 0.25) is 0 Å². The van der Waals surface area contributed by atoms with Gasteiger partial charge >= 0.3 is 0 Å². The fourth-order valence-electron chi connectivity index (χ4n) is 6.60. The number of halogens is 2. The smallest absolute Gasteiger partial charge is 0.158 e. The van der Waals surface area contributed by atoms with Crippen molar-refractivity contribution in [2.24, 2.45) is 0 Å². The van der Waals surface area contributed by atoms with Crippen molar-refractivity contribution in [1.82, 2.24) is 9.97 Å². The Labute approximate surface area is 240 Å². The van der Waals surface area contributed by atoms with Crippen molar-refractivity contribution >= 4 is 9.84 Å². The Kier molecular flexibility index (Phi) is 7.98. The molecular formula is C34H34F2N2O2S. The summed E-state index contributed by atoms with van der Waals surface area (Å²) in [4.78, 5) is 9.06. The number of pyridine rings is 2. The van der Waals surface area contributed by atoms with E-state index in [1.807, 2.05) is 12.1 Å². The summed E-state index contributed by atoms with van der Waals surface area (Å²) in [6.45, 7) is 0. The molecule has 2 aromatic carbocycles. The number of aromatic nitrogens is 2. The van der Waals surface area contributed by atoms with Crippen LogP contribution in [0.4, 0.5) is 8.78 Å². The first-order chi connectivity index (χ1) is 19.9. The zero-order valence-electron chi connectivity index (χ0n) is 23.0. The van der Waals surface area contributed by atoms with Gasteiger partial charge in [0.05, 0.1) is 22.9 Å². The van der Waals surface area contributed by atoms with Gasteiger partial charge in [0.1, 0.15) is 11.6 Å². The topological polar surface area (TPSA) is 59.9 Å². The molecule has 2 aromatic heterocycles. The zero-order chi connectivity index (χ0) is 28.4. The van der Waals surface area contributed by atoms with Crippen molar-refractivity contribution < 1.29 is 17.2 Å². The molecule has 0 aliphatic heterocycles. The number of nitrogens with zero attached hydrogens (tertiary/aromatic N) is 2. The fourth-order valence-corrected chi connectivity index (χ4v) is 8.12. The Morgan fingerprint density at radius 2 is 1.05 bits per heavy atom. The predicted octanol–water partition coefficient (Wildman–Crippen LogP) is 8.52. The second-order valence-corrected chi connectivity index (χ2v) is 13.6. The van der Waals surface area contributed by atoms with Crippen molar-refractivity contribution in [2.45, 2.75) is 74.7 Å². The predicted molar refractivity (Wildman–Crippen MR) is 158 cm³/mol. The SMILES string of the molecule is O=S(=O)(Cc1ccc(-c2ncccc2C2CCCC2)cc1F)Cc1ccc(-c2ncccc2C2CCCC2)cc1F. The van der Waals surface area contributed by atoms with Gasteiger partial charge in [-0.2, -0.15) is 0 Å². The number of rotatable bonds is 8. The van der Waals surface area contributed by atoms with Crippen molar-refractivity contribution in [3.05, 3.63) is 107 Å². The molecule has 0 spiro atoms. The van der Waals surface area contributed by atoms with E-state index in [2.05, 4.69) is 22.1 Å². The lowest BCUT2D eigenvalue weighted by molar-refractivity contribution is 0.581. The van der Waals surface area contributed by atoms with Gasteiger partial charge in [-0.15, -0.1) is 0 Å². The highest BCUT2D eigenvalue weighted by molar-refractivity contribution is 7.89. The highest BCUT2D eigenvalue weighted by atomic mass is 32.2.